The Hall–Kier alpha value is -2.57. The zero-order valence-electron chi connectivity index (χ0n) is 13.6. The fourth-order valence-electron chi connectivity index (χ4n) is 3.07. The second kappa shape index (κ2) is 6.30. The minimum Gasteiger partial charge on any atom is -0.459 e. The molecule has 0 unspecified atom stereocenters. The normalized spacial score (nSPS) is 14.6. The lowest BCUT2D eigenvalue weighted by Gasteiger charge is -2.18. The van der Waals surface area contributed by atoms with Crippen molar-refractivity contribution in [1.29, 1.82) is 0 Å². The molecule has 0 aliphatic carbocycles. The Bertz CT molecular complexity index is 1120. The number of halogens is 1. The summed E-state index contributed by atoms with van der Waals surface area (Å²) in [4.78, 5) is 12.5. The molecule has 132 valence electrons. The first-order valence-corrected chi connectivity index (χ1v) is 9.74. The summed E-state index contributed by atoms with van der Waals surface area (Å²) in [5, 5.41) is 1.94. The molecule has 0 fully saturated rings. The van der Waals surface area contributed by atoms with Gasteiger partial charge in [0.2, 0.25) is 0 Å². The largest absolute Gasteiger partial charge is 0.459 e. The van der Waals surface area contributed by atoms with Gasteiger partial charge in [-0.25, -0.2) is 8.42 Å². The molecule has 0 aromatic heterocycles. The van der Waals surface area contributed by atoms with Gasteiger partial charge in [-0.15, -0.1) is 0 Å². The second-order valence-corrected chi connectivity index (χ2v) is 8.13. The van der Waals surface area contributed by atoms with Crippen LogP contribution in [0.15, 0.2) is 65.6 Å². The van der Waals surface area contributed by atoms with Crippen LogP contribution in [0.1, 0.15) is 5.56 Å². The van der Waals surface area contributed by atoms with E-state index in [4.69, 9.17) is 16.3 Å². The Morgan fingerprint density at radius 1 is 1.00 bits per heavy atom. The predicted molar refractivity (Wildman–Crippen MR) is 99.7 cm³/mol. The number of sulfonamides is 1. The van der Waals surface area contributed by atoms with Crippen molar-refractivity contribution in [3.05, 3.63) is 71.2 Å². The van der Waals surface area contributed by atoms with Crippen LogP contribution in [-0.4, -0.2) is 20.9 Å². The smallest absolute Gasteiger partial charge is 0.327 e. The molecule has 0 bridgehead atoms. The second-order valence-electron chi connectivity index (χ2n) is 5.90. The first kappa shape index (κ1) is 16.9. The fourth-order valence-corrected chi connectivity index (χ4v) is 4.91. The number of esters is 1. The van der Waals surface area contributed by atoms with E-state index >= 15 is 0 Å². The number of anilines is 1. The van der Waals surface area contributed by atoms with Crippen LogP contribution < -0.4 is 4.31 Å². The van der Waals surface area contributed by atoms with Crippen molar-refractivity contribution < 1.29 is 17.9 Å². The van der Waals surface area contributed by atoms with E-state index in [1.54, 1.807) is 48.5 Å². The summed E-state index contributed by atoms with van der Waals surface area (Å²) in [7, 11) is -3.78. The highest BCUT2D eigenvalue weighted by Gasteiger charge is 2.36. The molecule has 3 aromatic carbocycles. The summed E-state index contributed by atoms with van der Waals surface area (Å²) in [6.45, 7) is -0.399. The van der Waals surface area contributed by atoms with Crippen molar-refractivity contribution in [1.82, 2.24) is 0 Å². The molecule has 1 aliphatic rings. The standard InChI is InChI=1S/C19H14ClNO4S/c20-15-8-2-1-5-14(15)12-25-18(22)11-21-16-9-3-6-13-7-4-10-17(19(13)16)26(21,23)24/h1-10H,11-12H2. The Morgan fingerprint density at radius 2 is 1.73 bits per heavy atom. The number of hydrogen-bond acceptors (Lipinski definition) is 4. The Morgan fingerprint density at radius 3 is 2.50 bits per heavy atom. The number of hydrogen-bond donors (Lipinski definition) is 0. The van der Waals surface area contributed by atoms with E-state index in [1.165, 1.54) is 0 Å². The summed E-state index contributed by atoms with van der Waals surface area (Å²) >= 11 is 6.04. The zero-order chi connectivity index (χ0) is 18.3. The third kappa shape index (κ3) is 2.71. The highest BCUT2D eigenvalue weighted by Crippen LogP contribution is 2.41. The number of carbonyl (C=O) groups excluding carboxylic acids is 1. The lowest BCUT2D eigenvalue weighted by molar-refractivity contribution is -0.143. The van der Waals surface area contributed by atoms with E-state index in [-0.39, 0.29) is 18.0 Å². The molecule has 0 saturated carbocycles. The van der Waals surface area contributed by atoms with E-state index in [1.807, 2.05) is 12.1 Å². The van der Waals surface area contributed by atoms with E-state index < -0.39 is 16.0 Å². The minimum atomic E-state index is -3.78. The number of ether oxygens (including phenoxy) is 1. The molecule has 7 heteroatoms. The van der Waals surface area contributed by atoms with Crippen molar-refractivity contribution in [3.63, 3.8) is 0 Å². The van der Waals surface area contributed by atoms with Gasteiger partial charge < -0.3 is 4.74 Å². The van der Waals surface area contributed by atoms with Gasteiger partial charge in [-0.1, -0.05) is 54.1 Å². The average molecular weight is 388 g/mol. The lowest BCUT2D eigenvalue weighted by atomic mass is 10.1. The molecule has 0 amide bonds. The molecule has 4 rings (SSSR count). The topological polar surface area (TPSA) is 63.7 Å². The van der Waals surface area contributed by atoms with Crippen LogP contribution in [0.25, 0.3) is 10.8 Å². The van der Waals surface area contributed by atoms with Crippen LogP contribution in [0.5, 0.6) is 0 Å². The average Bonchev–Trinajstić information content (AvgIpc) is 2.85. The molecule has 3 aromatic rings. The molecule has 0 saturated heterocycles. The van der Waals surface area contributed by atoms with Gasteiger partial charge in [0, 0.05) is 16.0 Å². The van der Waals surface area contributed by atoms with Crippen LogP contribution in [0.3, 0.4) is 0 Å². The molecule has 0 atom stereocenters. The van der Waals surface area contributed by atoms with Crippen LogP contribution in [0.4, 0.5) is 5.69 Å². The minimum absolute atomic E-state index is 0.0104. The molecule has 1 heterocycles. The Kier molecular flexibility index (Phi) is 4.09. The maximum Gasteiger partial charge on any atom is 0.327 e. The van der Waals surface area contributed by atoms with Gasteiger partial charge in [0.1, 0.15) is 13.2 Å². The molecule has 1 aliphatic heterocycles. The highest BCUT2D eigenvalue weighted by atomic mass is 35.5. The van der Waals surface area contributed by atoms with Crippen LogP contribution >= 0.6 is 11.6 Å². The summed E-state index contributed by atoms with van der Waals surface area (Å²) in [5.74, 6) is -0.640. The molecular formula is C19H14ClNO4S. The summed E-state index contributed by atoms with van der Waals surface area (Å²) < 4.78 is 32.0. The summed E-state index contributed by atoms with van der Waals surface area (Å²) in [5.41, 5.74) is 1.16. The van der Waals surface area contributed by atoms with Crippen molar-refractivity contribution in [2.24, 2.45) is 0 Å². The van der Waals surface area contributed by atoms with Crippen molar-refractivity contribution in [3.8, 4) is 0 Å². The van der Waals surface area contributed by atoms with E-state index in [0.717, 1.165) is 9.69 Å². The van der Waals surface area contributed by atoms with Gasteiger partial charge in [0.25, 0.3) is 10.0 Å². The van der Waals surface area contributed by atoms with Crippen LogP contribution in [0, 0.1) is 0 Å². The quantitative estimate of drug-likeness (QED) is 0.639. The van der Waals surface area contributed by atoms with Gasteiger partial charge in [-0.2, -0.15) is 0 Å². The zero-order valence-corrected chi connectivity index (χ0v) is 15.1. The van der Waals surface area contributed by atoms with Gasteiger partial charge >= 0.3 is 5.97 Å². The summed E-state index contributed by atoms with van der Waals surface area (Å²) in [6.07, 6.45) is 0. The number of rotatable bonds is 4. The first-order valence-electron chi connectivity index (χ1n) is 7.92. The highest BCUT2D eigenvalue weighted by molar-refractivity contribution is 7.93. The van der Waals surface area contributed by atoms with E-state index in [2.05, 4.69) is 0 Å². The molecule has 0 N–H and O–H groups in total. The molecule has 0 radical (unpaired) electrons. The lowest BCUT2D eigenvalue weighted by Crippen LogP contribution is -2.33. The Labute approximate surface area is 155 Å². The molecular weight excluding hydrogens is 374 g/mol. The Balaban J connectivity index is 1.58. The third-order valence-electron chi connectivity index (χ3n) is 4.30. The maximum absolute atomic E-state index is 12.8. The van der Waals surface area contributed by atoms with Crippen molar-refractivity contribution in [2.45, 2.75) is 11.5 Å². The van der Waals surface area contributed by atoms with Gasteiger partial charge in [0.15, 0.2) is 0 Å². The summed E-state index contributed by atoms with van der Waals surface area (Å²) in [6, 6.07) is 17.4. The molecule has 26 heavy (non-hydrogen) atoms. The monoisotopic (exact) mass is 387 g/mol. The van der Waals surface area contributed by atoms with E-state index in [0.29, 0.717) is 21.7 Å². The molecule has 5 nitrogen and oxygen atoms in total. The predicted octanol–water partition coefficient (Wildman–Crippen LogP) is 3.75. The van der Waals surface area contributed by atoms with Crippen LogP contribution in [0.2, 0.25) is 5.02 Å². The van der Waals surface area contributed by atoms with Crippen molar-refractivity contribution >= 4 is 44.1 Å². The molecule has 0 spiro atoms. The maximum atomic E-state index is 12.8. The SMILES string of the molecule is O=C(CN1c2cccc3cccc(c23)S1(=O)=O)OCc1ccccc1Cl. The number of nitrogens with zero attached hydrogens (tertiary/aromatic N) is 1. The van der Waals surface area contributed by atoms with Crippen LogP contribution in [-0.2, 0) is 26.2 Å². The van der Waals surface area contributed by atoms with E-state index in [9.17, 15) is 13.2 Å². The van der Waals surface area contributed by atoms with Gasteiger partial charge in [-0.3, -0.25) is 9.10 Å². The number of benzene rings is 3. The first-order chi connectivity index (χ1) is 12.5. The van der Waals surface area contributed by atoms with Gasteiger partial charge in [0.05, 0.1) is 10.6 Å². The van der Waals surface area contributed by atoms with Crippen molar-refractivity contribution in [2.75, 3.05) is 10.8 Å². The third-order valence-corrected chi connectivity index (χ3v) is 6.47. The van der Waals surface area contributed by atoms with Gasteiger partial charge in [-0.05, 0) is 23.6 Å². The number of carbonyl (C=O) groups is 1. The fraction of sp³-hybridized carbons (Fsp3) is 0.105.